The molecule has 0 N–H and O–H groups in total. The molecule has 0 saturated heterocycles. The molecule has 0 bridgehead atoms. The van der Waals surface area contributed by atoms with Crippen LogP contribution in [-0.4, -0.2) is 0 Å². The Hall–Kier alpha value is -2.86. The zero-order valence-corrected chi connectivity index (χ0v) is 20.4. The molecule has 0 heterocycles. The molecule has 1 aliphatic carbocycles. The van der Waals surface area contributed by atoms with E-state index in [0.717, 1.165) is 6.42 Å². The number of hydrogen-bond donors (Lipinski definition) is 0. The first kappa shape index (κ1) is 23.3. The van der Waals surface area contributed by atoms with Gasteiger partial charge in [-0.05, 0) is 82.8 Å². The second-order valence-corrected chi connectivity index (χ2v) is 9.45. The summed E-state index contributed by atoms with van der Waals surface area (Å²) < 4.78 is 0. The van der Waals surface area contributed by atoms with Gasteiger partial charge in [-0.2, -0.15) is 0 Å². The summed E-state index contributed by atoms with van der Waals surface area (Å²) in [6.07, 6.45) is 21.2. The average Bonchev–Trinajstić information content (AvgIpc) is 2.82. The highest BCUT2D eigenvalue weighted by Crippen LogP contribution is 2.42. The van der Waals surface area contributed by atoms with Gasteiger partial charge in [-0.15, -0.1) is 0 Å². The molecule has 0 heteroatoms. The van der Waals surface area contributed by atoms with E-state index in [0.29, 0.717) is 5.92 Å². The van der Waals surface area contributed by atoms with Crippen molar-refractivity contribution < 1.29 is 0 Å². The fraction of sp³-hybridized carbons (Fsp3) is 0.333. The monoisotopic (exact) mass is 434 g/mol. The van der Waals surface area contributed by atoms with Gasteiger partial charge in [-0.25, -0.2) is 0 Å². The van der Waals surface area contributed by atoms with Crippen LogP contribution in [-0.2, 0) is 0 Å². The smallest absolute Gasteiger partial charge is 0.00240 e. The standard InChI is InChI=1S/C33H38/c1-4-6-7-11-16-25(3)29(5-2)33-31(26-17-12-9-8-10-13-18-26)24-23-28-22-21-27-19-14-15-20-30(27)32(28)33/h4-7,14-16,19-24,26H,1,8-13,17-18H2,2-3H3/b7-6+,25-16-,29-5+. The van der Waals surface area contributed by atoms with Gasteiger partial charge in [0.1, 0.15) is 0 Å². The van der Waals surface area contributed by atoms with E-state index in [-0.39, 0.29) is 0 Å². The van der Waals surface area contributed by atoms with Gasteiger partial charge in [0.15, 0.2) is 0 Å². The van der Waals surface area contributed by atoms with Gasteiger partial charge in [-0.3, -0.25) is 0 Å². The van der Waals surface area contributed by atoms with E-state index in [2.05, 4.69) is 87.2 Å². The maximum absolute atomic E-state index is 3.80. The number of fused-ring (bicyclic) bond motifs is 3. The van der Waals surface area contributed by atoms with Gasteiger partial charge in [0, 0.05) is 0 Å². The fourth-order valence-electron chi connectivity index (χ4n) is 5.61. The molecular formula is C33H38. The van der Waals surface area contributed by atoms with Crippen molar-refractivity contribution in [3.8, 4) is 0 Å². The predicted molar refractivity (Wildman–Crippen MR) is 148 cm³/mol. The SMILES string of the molecule is C=C/C=C/C/C=C(C)\C(=C/C)c1c(C2CCCCCCC2)ccc2ccc3ccccc3c12. The third-order valence-electron chi connectivity index (χ3n) is 7.30. The molecule has 3 aromatic carbocycles. The van der Waals surface area contributed by atoms with Crippen molar-refractivity contribution in [3.05, 3.63) is 102 Å². The number of hydrogen-bond acceptors (Lipinski definition) is 0. The first-order valence-corrected chi connectivity index (χ1v) is 12.8. The van der Waals surface area contributed by atoms with E-state index < -0.39 is 0 Å². The van der Waals surface area contributed by atoms with Crippen molar-refractivity contribution in [1.29, 1.82) is 0 Å². The molecule has 1 saturated carbocycles. The normalized spacial score (nSPS) is 16.9. The van der Waals surface area contributed by atoms with Crippen molar-refractivity contribution in [2.45, 2.75) is 71.1 Å². The van der Waals surface area contributed by atoms with Crippen LogP contribution >= 0.6 is 0 Å². The second-order valence-electron chi connectivity index (χ2n) is 9.45. The molecule has 0 aromatic heterocycles. The van der Waals surface area contributed by atoms with Crippen molar-refractivity contribution in [2.24, 2.45) is 0 Å². The molecule has 0 amide bonds. The molecule has 0 atom stereocenters. The summed E-state index contributed by atoms with van der Waals surface area (Å²) in [5.41, 5.74) is 5.78. The van der Waals surface area contributed by atoms with E-state index >= 15 is 0 Å². The molecule has 0 nitrogen and oxygen atoms in total. The predicted octanol–water partition coefficient (Wildman–Crippen LogP) is 10.3. The van der Waals surface area contributed by atoms with Crippen LogP contribution < -0.4 is 0 Å². The quantitative estimate of drug-likeness (QED) is 0.267. The molecule has 1 fully saturated rings. The molecule has 3 aromatic rings. The third-order valence-corrected chi connectivity index (χ3v) is 7.30. The lowest BCUT2D eigenvalue weighted by atomic mass is 9.78. The summed E-state index contributed by atoms with van der Waals surface area (Å²) in [7, 11) is 0. The molecule has 4 rings (SSSR count). The van der Waals surface area contributed by atoms with Gasteiger partial charge < -0.3 is 0 Å². The topological polar surface area (TPSA) is 0 Å². The Balaban J connectivity index is 1.95. The first-order valence-electron chi connectivity index (χ1n) is 12.8. The number of allylic oxidation sites excluding steroid dienone is 7. The molecule has 0 spiro atoms. The molecule has 170 valence electrons. The molecule has 0 radical (unpaired) electrons. The highest BCUT2D eigenvalue weighted by Gasteiger charge is 2.22. The van der Waals surface area contributed by atoms with E-state index in [1.807, 2.05) is 12.2 Å². The van der Waals surface area contributed by atoms with Crippen LogP contribution in [0.1, 0.15) is 82.3 Å². The minimum Gasteiger partial charge on any atom is -0.0991 e. The molecular weight excluding hydrogens is 396 g/mol. The van der Waals surface area contributed by atoms with E-state index in [1.165, 1.54) is 83.2 Å². The van der Waals surface area contributed by atoms with Crippen molar-refractivity contribution in [1.82, 2.24) is 0 Å². The van der Waals surface area contributed by atoms with Crippen LogP contribution in [0, 0.1) is 0 Å². The Kier molecular flexibility index (Phi) is 8.00. The van der Waals surface area contributed by atoms with Crippen molar-refractivity contribution in [3.63, 3.8) is 0 Å². The second kappa shape index (κ2) is 11.3. The summed E-state index contributed by atoms with van der Waals surface area (Å²) in [5, 5.41) is 5.47. The zero-order chi connectivity index (χ0) is 23.0. The Morgan fingerprint density at radius 1 is 0.909 bits per heavy atom. The third kappa shape index (κ3) is 5.22. The Morgan fingerprint density at radius 3 is 2.36 bits per heavy atom. The Labute approximate surface area is 200 Å². The largest absolute Gasteiger partial charge is 0.0991 e. The van der Waals surface area contributed by atoms with Crippen LogP contribution in [0.15, 0.2) is 91.1 Å². The summed E-state index contributed by atoms with van der Waals surface area (Å²) >= 11 is 0. The minimum absolute atomic E-state index is 0.645. The maximum Gasteiger partial charge on any atom is -0.00240 e. The Morgan fingerprint density at radius 2 is 1.61 bits per heavy atom. The summed E-state index contributed by atoms with van der Waals surface area (Å²) in [4.78, 5) is 0. The van der Waals surface area contributed by atoms with Crippen molar-refractivity contribution >= 4 is 27.1 Å². The molecule has 0 aliphatic heterocycles. The van der Waals surface area contributed by atoms with E-state index in [4.69, 9.17) is 0 Å². The van der Waals surface area contributed by atoms with Gasteiger partial charge in [-0.1, -0.05) is 118 Å². The maximum atomic E-state index is 3.80. The number of benzene rings is 3. The molecule has 1 aliphatic rings. The first-order chi connectivity index (χ1) is 16.2. The van der Waals surface area contributed by atoms with Crippen LogP contribution in [0.3, 0.4) is 0 Å². The van der Waals surface area contributed by atoms with Gasteiger partial charge in [0.25, 0.3) is 0 Å². The average molecular weight is 435 g/mol. The van der Waals surface area contributed by atoms with Gasteiger partial charge in [0.05, 0.1) is 0 Å². The van der Waals surface area contributed by atoms with Gasteiger partial charge in [0.2, 0.25) is 0 Å². The fourth-order valence-corrected chi connectivity index (χ4v) is 5.61. The van der Waals surface area contributed by atoms with Crippen molar-refractivity contribution in [2.75, 3.05) is 0 Å². The van der Waals surface area contributed by atoms with Gasteiger partial charge >= 0.3 is 0 Å². The van der Waals surface area contributed by atoms with Crippen LogP contribution in [0.4, 0.5) is 0 Å². The van der Waals surface area contributed by atoms with E-state index in [9.17, 15) is 0 Å². The zero-order valence-electron chi connectivity index (χ0n) is 20.4. The summed E-state index contributed by atoms with van der Waals surface area (Å²) in [6, 6.07) is 18.3. The van der Waals surface area contributed by atoms with E-state index in [1.54, 1.807) is 5.56 Å². The van der Waals surface area contributed by atoms with Crippen LogP contribution in [0.5, 0.6) is 0 Å². The lowest BCUT2D eigenvalue weighted by molar-refractivity contribution is 0.455. The number of rotatable bonds is 6. The molecule has 0 unspecified atom stereocenters. The molecule has 33 heavy (non-hydrogen) atoms. The van der Waals surface area contributed by atoms with Crippen LogP contribution in [0.25, 0.3) is 27.1 Å². The minimum atomic E-state index is 0.645. The summed E-state index contributed by atoms with van der Waals surface area (Å²) in [6.45, 7) is 8.29. The lowest BCUT2D eigenvalue weighted by Gasteiger charge is -2.26. The Bertz CT molecular complexity index is 1190. The van der Waals surface area contributed by atoms with Crippen LogP contribution in [0.2, 0.25) is 0 Å². The summed E-state index contributed by atoms with van der Waals surface area (Å²) in [5.74, 6) is 0.645. The highest BCUT2D eigenvalue weighted by atomic mass is 14.3. The highest BCUT2D eigenvalue weighted by molar-refractivity contribution is 6.14. The lowest BCUT2D eigenvalue weighted by Crippen LogP contribution is -2.07.